The van der Waals surface area contributed by atoms with E-state index >= 15 is 0 Å². The van der Waals surface area contributed by atoms with E-state index < -0.39 is 29.6 Å². The third kappa shape index (κ3) is 4.94. The Labute approximate surface area is 161 Å². The number of nitrogens with two attached hydrogens (primary N) is 1. The van der Waals surface area contributed by atoms with Crippen molar-refractivity contribution in [2.45, 2.75) is 33.0 Å². The maximum Gasteiger partial charge on any atom is 0.331 e. The van der Waals surface area contributed by atoms with Crippen molar-refractivity contribution in [1.82, 2.24) is 14.0 Å². The molecule has 2 amide bonds. The summed E-state index contributed by atoms with van der Waals surface area (Å²) in [5, 5.41) is 9.11. The van der Waals surface area contributed by atoms with Gasteiger partial charge in [0.2, 0.25) is 11.8 Å². The van der Waals surface area contributed by atoms with Crippen molar-refractivity contribution in [3.8, 4) is 6.07 Å². The van der Waals surface area contributed by atoms with Crippen LogP contribution in [0.25, 0.3) is 0 Å². The Morgan fingerprint density at radius 2 is 1.89 bits per heavy atom. The van der Waals surface area contributed by atoms with Crippen molar-refractivity contribution in [2.24, 2.45) is 5.73 Å². The first-order valence-corrected chi connectivity index (χ1v) is 8.71. The summed E-state index contributed by atoms with van der Waals surface area (Å²) in [5.41, 5.74) is 4.30. The quantitative estimate of drug-likeness (QED) is 0.675. The first kappa shape index (κ1) is 20.6. The van der Waals surface area contributed by atoms with Gasteiger partial charge in [-0.25, -0.2) is 9.36 Å². The van der Waals surface area contributed by atoms with Crippen LogP contribution >= 0.6 is 0 Å². The fraction of sp³-hybridized carbons (Fsp3) is 0.316. The molecule has 0 bridgehead atoms. The lowest BCUT2D eigenvalue weighted by Crippen LogP contribution is -2.45. The van der Waals surface area contributed by atoms with Gasteiger partial charge in [0, 0.05) is 32.3 Å². The van der Waals surface area contributed by atoms with Crippen molar-refractivity contribution >= 4 is 11.8 Å². The number of aryl methyl sites for hydroxylation is 1. The molecule has 9 heteroatoms. The summed E-state index contributed by atoms with van der Waals surface area (Å²) in [6, 6.07) is 10.8. The average molecular weight is 383 g/mol. The lowest BCUT2D eigenvalue weighted by Gasteiger charge is -2.23. The number of nitrogens with zero attached hydrogens (tertiary/aromatic N) is 4. The molecule has 1 aromatic heterocycles. The normalized spacial score (nSPS) is 10.3. The van der Waals surface area contributed by atoms with E-state index in [0.717, 1.165) is 10.1 Å². The molecule has 2 aromatic rings. The van der Waals surface area contributed by atoms with E-state index in [2.05, 4.69) is 0 Å². The predicted molar refractivity (Wildman–Crippen MR) is 101 cm³/mol. The fourth-order valence-electron chi connectivity index (χ4n) is 2.67. The Morgan fingerprint density at radius 1 is 1.21 bits per heavy atom. The molecule has 28 heavy (non-hydrogen) atoms. The van der Waals surface area contributed by atoms with Gasteiger partial charge in [0.25, 0.3) is 5.56 Å². The summed E-state index contributed by atoms with van der Waals surface area (Å²) in [4.78, 5) is 50.1. The van der Waals surface area contributed by atoms with Crippen molar-refractivity contribution < 1.29 is 9.59 Å². The maximum atomic E-state index is 12.8. The highest BCUT2D eigenvalue weighted by molar-refractivity contribution is 5.78. The molecule has 1 heterocycles. The standard InChI is InChI=1S/C19H21N5O4/c1-2-22-12-15(10-20)18(27)24(19(22)28)13-17(26)23(9-8-16(21)25)11-14-6-4-3-5-7-14/h3-7,12H,2,8-9,11,13H2,1H3,(H2,21,25). The molecular weight excluding hydrogens is 362 g/mol. The highest BCUT2D eigenvalue weighted by atomic mass is 16.2. The second-order valence-electron chi connectivity index (χ2n) is 6.13. The Hall–Kier alpha value is -3.67. The first-order chi connectivity index (χ1) is 13.4. The van der Waals surface area contributed by atoms with E-state index in [1.54, 1.807) is 13.0 Å². The molecule has 0 fully saturated rings. The van der Waals surface area contributed by atoms with Crippen molar-refractivity contribution in [2.75, 3.05) is 6.54 Å². The van der Waals surface area contributed by atoms with Crippen molar-refractivity contribution in [3.63, 3.8) is 0 Å². The molecule has 0 saturated carbocycles. The number of hydrogen-bond donors (Lipinski definition) is 1. The molecule has 2 rings (SSSR count). The minimum absolute atomic E-state index is 0.0507. The minimum atomic E-state index is -0.819. The first-order valence-electron chi connectivity index (χ1n) is 8.71. The maximum absolute atomic E-state index is 12.8. The summed E-state index contributed by atoms with van der Waals surface area (Å²) >= 11 is 0. The zero-order chi connectivity index (χ0) is 20.7. The molecule has 0 radical (unpaired) electrons. The summed E-state index contributed by atoms with van der Waals surface area (Å²) in [7, 11) is 0. The van der Waals surface area contributed by atoms with Gasteiger partial charge in [-0.1, -0.05) is 30.3 Å². The van der Waals surface area contributed by atoms with E-state index in [9.17, 15) is 19.2 Å². The van der Waals surface area contributed by atoms with Crippen LogP contribution in [0.2, 0.25) is 0 Å². The molecule has 0 spiro atoms. The van der Waals surface area contributed by atoms with Crippen LogP contribution < -0.4 is 17.0 Å². The zero-order valence-electron chi connectivity index (χ0n) is 15.5. The van der Waals surface area contributed by atoms with E-state index in [1.807, 2.05) is 30.3 Å². The molecule has 9 nitrogen and oxygen atoms in total. The molecule has 0 unspecified atom stereocenters. The van der Waals surface area contributed by atoms with Gasteiger partial charge in [-0.05, 0) is 12.5 Å². The number of primary amides is 1. The smallest absolute Gasteiger partial charge is 0.331 e. The topological polar surface area (TPSA) is 131 Å². The van der Waals surface area contributed by atoms with Gasteiger partial charge in [-0.2, -0.15) is 5.26 Å². The number of hydrogen-bond acceptors (Lipinski definition) is 5. The number of carbonyl (C=O) groups is 2. The number of amides is 2. The fourth-order valence-corrected chi connectivity index (χ4v) is 2.67. The van der Waals surface area contributed by atoms with Crippen LogP contribution in [0.4, 0.5) is 0 Å². The Morgan fingerprint density at radius 3 is 2.46 bits per heavy atom. The number of carbonyl (C=O) groups excluding carboxylic acids is 2. The highest BCUT2D eigenvalue weighted by Gasteiger charge is 2.19. The second kappa shape index (κ2) is 9.32. The van der Waals surface area contributed by atoms with Crippen LogP contribution in [0, 0.1) is 11.3 Å². The third-order valence-electron chi connectivity index (χ3n) is 4.19. The van der Waals surface area contributed by atoms with Crippen LogP contribution in [-0.2, 0) is 29.2 Å². The Balaban J connectivity index is 2.35. The molecule has 0 aliphatic carbocycles. The summed E-state index contributed by atoms with van der Waals surface area (Å²) in [6.07, 6.45) is 1.13. The van der Waals surface area contributed by atoms with Crippen LogP contribution in [0.5, 0.6) is 0 Å². The zero-order valence-corrected chi connectivity index (χ0v) is 15.5. The molecule has 0 saturated heterocycles. The molecule has 146 valence electrons. The van der Waals surface area contributed by atoms with Gasteiger partial charge >= 0.3 is 5.69 Å². The summed E-state index contributed by atoms with van der Waals surface area (Å²) in [6.45, 7) is 1.66. The van der Waals surface area contributed by atoms with Crippen molar-refractivity contribution in [1.29, 1.82) is 5.26 Å². The highest BCUT2D eigenvalue weighted by Crippen LogP contribution is 2.06. The predicted octanol–water partition coefficient (Wildman–Crippen LogP) is -0.194. The van der Waals surface area contributed by atoms with Crippen LogP contribution in [0.15, 0.2) is 46.1 Å². The van der Waals surface area contributed by atoms with Gasteiger partial charge in [0.15, 0.2) is 0 Å². The van der Waals surface area contributed by atoms with E-state index in [4.69, 9.17) is 11.0 Å². The lowest BCUT2D eigenvalue weighted by molar-refractivity contribution is -0.133. The molecule has 0 aliphatic heterocycles. The molecule has 1 aromatic carbocycles. The Bertz CT molecular complexity index is 1020. The molecule has 0 atom stereocenters. The summed E-state index contributed by atoms with van der Waals surface area (Å²) in [5.74, 6) is -1.09. The van der Waals surface area contributed by atoms with Gasteiger partial charge in [0.05, 0.1) is 0 Å². The largest absolute Gasteiger partial charge is 0.370 e. The SMILES string of the molecule is CCn1cc(C#N)c(=O)n(CC(=O)N(CCC(N)=O)Cc2ccccc2)c1=O. The van der Waals surface area contributed by atoms with Gasteiger partial charge < -0.3 is 10.6 Å². The van der Waals surface area contributed by atoms with Gasteiger partial charge in [-0.3, -0.25) is 19.0 Å². The molecule has 2 N–H and O–H groups in total. The number of aromatic nitrogens is 2. The Kier molecular flexibility index (Phi) is 6.87. The van der Waals surface area contributed by atoms with E-state index in [1.165, 1.54) is 15.7 Å². The van der Waals surface area contributed by atoms with E-state index in [0.29, 0.717) is 0 Å². The third-order valence-corrected chi connectivity index (χ3v) is 4.19. The van der Waals surface area contributed by atoms with Crippen molar-refractivity contribution in [3.05, 3.63) is 68.5 Å². The van der Waals surface area contributed by atoms with Gasteiger partial charge in [0.1, 0.15) is 18.2 Å². The number of benzene rings is 1. The van der Waals surface area contributed by atoms with Crippen LogP contribution in [0.3, 0.4) is 0 Å². The van der Waals surface area contributed by atoms with Gasteiger partial charge in [-0.15, -0.1) is 0 Å². The summed E-state index contributed by atoms with van der Waals surface area (Å²) < 4.78 is 1.94. The second-order valence-corrected chi connectivity index (χ2v) is 6.13. The van der Waals surface area contributed by atoms with Crippen LogP contribution in [-0.4, -0.2) is 32.4 Å². The molecular formula is C19H21N5O4. The van der Waals surface area contributed by atoms with Crippen LogP contribution in [0.1, 0.15) is 24.5 Å². The average Bonchev–Trinajstić information content (AvgIpc) is 2.69. The van der Waals surface area contributed by atoms with E-state index in [-0.39, 0.29) is 31.6 Å². The number of rotatable bonds is 8. The lowest BCUT2D eigenvalue weighted by atomic mass is 10.2. The number of nitriles is 1. The molecule has 0 aliphatic rings. The minimum Gasteiger partial charge on any atom is -0.370 e. The monoisotopic (exact) mass is 383 g/mol.